The minimum absolute atomic E-state index is 0.225. The Labute approximate surface area is 94.6 Å². The SMILES string of the molecule is O/N=C\C(=C(/Cl)C(F)(F)F)c1ccccc1. The fraction of sp³-hybridized carbons (Fsp3) is 0.100. The van der Waals surface area contributed by atoms with E-state index in [9.17, 15) is 13.2 Å². The standard InChI is InChI=1S/C10H7ClF3NO/c11-9(10(12,13)14)8(6-15-16)7-4-2-1-3-5-7/h1-6,16H/b9-8+,15-6-. The van der Waals surface area contributed by atoms with Crippen molar-refractivity contribution in [3.8, 4) is 0 Å². The predicted octanol–water partition coefficient (Wildman–Crippen LogP) is 3.66. The van der Waals surface area contributed by atoms with Gasteiger partial charge in [-0.15, -0.1) is 0 Å². The van der Waals surface area contributed by atoms with Gasteiger partial charge in [-0.2, -0.15) is 13.2 Å². The lowest BCUT2D eigenvalue weighted by Gasteiger charge is -2.09. The Kier molecular flexibility index (Phi) is 3.95. The molecule has 0 saturated carbocycles. The summed E-state index contributed by atoms with van der Waals surface area (Å²) < 4.78 is 37.1. The van der Waals surface area contributed by atoms with Crippen molar-refractivity contribution in [2.24, 2.45) is 5.16 Å². The second-order valence-corrected chi connectivity index (χ2v) is 3.21. The third-order valence-corrected chi connectivity index (χ3v) is 2.17. The van der Waals surface area contributed by atoms with E-state index in [1.165, 1.54) is 12.1 Å². The number of oxime groups is 1. The van der Waals surface area contributed by atoms with Crippen molar-refractivity contribution in [1.82, 2.24) is 0 Å². The van der Waals surface area contributed by atoms with Crippen LogP contribution in [0.5, 0.6) is 0 Å². The van der Waals surface area contributed by atoms with Crippen LogP contribution in [0.1, 0.15) is 5.56 Å². The predicted molar refractivity (Wildman–Crippen MR) is 55.5 cm³/mol. The molecule has 0 bridgehead atoms. The first kappa shape index (κ1) is 12.6. The lowest BCUT2D eigenvalue weighted by molar-refractivity contribution is -0.0838. The van der Waals surface area contributed by atoms with Gasteiger partial charge in [0.15, 0.2) is 0 Å². The molecule has 1 aromatic rings. The second kappa shape index (κ2) is 5.03. The van der Waals surface area contributed by atoms with Crippen LogP contribution in [-0.4, -0.2) is 17.6 Å². The summed E-state index contributed by atoms with van der Waals surface area (Å²) in [6.45, 7) is 0. The van der Waals surface area contributed by atoms with E-state index in [2.05, 4.69) is 5.16 Å². The van der Waals surface area contributed by atoms with Crippen molar-refractivity contribution < 1.29 is 18.4 Å². The van der Waals surface area contributed by atoms with E-state index in [4.69, 9.17) is 16.8 Å². The lowest BCUT2D eigenvalue weighted by atomic mass is 10.1. The molecule has 2 nitrogen and oxygen atoms in total. The summed E-state index contributed by atoms with van der Waals surface area (Å²) in [7, 11) is 0. The summed E-state index contributed by atoms with van der Waals surface area (Å²) in [6, 6.07) is 7.64. The maximum Gasteiger partial charge on any atom is 0.427 e. The van der Waals surface area contributed by atoms with E-state index >= 15 is 0 Å². The number of allylic oxidation sites excluding steroid dienone is 2. The maximum atomic E-state index is 12.4. The van der Waals surface area contributed by atoms with E-state index in [0.29, 0.717) is 6.21 Å². The Morgan fingerprint density at radius 3 is 2.25 bits per heavy atom. The molecule has 0 amide bonds. The molecule has 0 saturated heterocycles. The molecule has 0 aromatic heterocycles. The number of benzene rings is 1. The molecule has 0 aliphatic rings. The van der Waals surface area contributed by atoms with Crippen LogP contribution in [0.15, 0.2) is 40.5 Å². The van der Waals surface area contributed by atoms with Crippen LogP contribution in [0.25, 0.3) is 5.57 Å². The summed E-state index contributed by atoms with van der Waals surface area (Å²) >= 11 is 5.19. The van der Waals surface area contributed by atoms with Gasteiger partial charge in [0, 0.05) is 5.57 Å². The molecular weight excluding hydrogens is 243 g/mol. The number of hydrogen-bond acceptors (Lipinski definition) is 2. The molecule has 0 spiro atoms. The van der Waals surface area contributed by atoms with Gasteiger partial charge >= 0.3 is 6.18 Å². The van der Waals surface area contributed by atoms with Gasteiger partial charge in [0.1, 0.15) is 5.03 Å². The summed E-state index contributed by atoms with van der Waals surface area (Å²) in [6.07, 6.45) is -4.01. The lowest BCUT2D eigenvalue weighted by Crippen LogP contribution is -2.10. The Morgan fingerprint density at radius 1 is 1.25 bits per heavy atom. The summed E-state index contributed by atoms with van der Waals surface area (Å²) in [5.41, 5.74) is -0.153. The van der Waals surface area contributed by atoms with Crippen molar-refractivity contribution in [1.29, 1.82) is 0 Å². The Balaban J connectivity index is 3.31. The third kappa shape index (κ3) is 3.00. The van der Waals surface area contributed by atoms with Crippen LogP contribution >= 0.6 is 11.6 Å². The minimum atomic E-state index is -4.67. The fourth-order valence-corrected chi connectivity index (χ4v) is 1.24. The van der Waals surface area contributed by atoms with Crippen molar-refractivity contribution in [3.63, 3.8) is 0 Å². The molecular formula is C10H7ClF3NO. The molecule has 0 atom stereocenters. The van der Waals surface area contributed by atoms with Gasteiger partial charge in [0.05, 0.1) is 6.21 Å². The maximum absolute atomic E-state index is 12.4. The molecule has 1 rings (SSSR count). The molecule has 1 N–H and O–H groups in total. The van der Waals surface area contributed by atoms with Gasteiger partial charge in [-0.25, -0.2) is 0 Å². The number of alkyl halides is 3. The van der Waals surface area contributed by atoms with Gasteiger partial charge in [0.2, 0.25) is 0 Å². The Bertz CT molecular complexity index is 412. The minimum Gasteiger partial charge on any atom is -0.411 e. The highest BCUT2D eigenvalue weighted by atomic mass is 35.5. The molecule has 0 fully saturated rings. The van der Waals surface area contributed by atoms with E-state index in [1.807, 2.05) is 0 Å². The van der Waals surface area contributed by atoms with Crippen molar-refractivity contribution in [2.75, 3.05) is 0 Å². The Morgan fingerprint density at radius 2 is 1.81 bits per heavy atom. The molecule has 1 aromatic carbocycles. The average molecular weight is 250 g/mol. The van der Waals surface area contributed by atoms with Crippen LogP contribution in [0, 0.1) is 0 Å². The summed E-state index contributed by atoms with van der Waals surface area (Å²) in [5.74, 6) is 0. The highest BCUT2D eigenvalue weighted by Crippen LogP contribution is 2.34. The fourth-order valence-electron chi connectivity index (χ4n) is 1.09. The number of nitrogens with zero attached hydrogens (tertiary/aromatic N) is 1. The summed E-state index contributed by atoms with van der Waals surface area (Å²) in [4.78, 5) is 0. The Hall–Kier alpha value is -1.49. The first-order chi connectivity index (χ1) is 7.46. The van der Waals surface area contributed by atoms with E-state index in [1.54, 1.807) is 18.2 Å². The largest absolute Gasteiger partial charge is 0.427 e. The van der Waals surface area contributed by atoms with Gasteiger partial charge in [-0.05, 0) is 5.56 Å². The van der Waals surface area contributed by atoms with Crippen molar-refractivity contribution >= 4 is 23.4 Å². The highest BCUT2D eigenvalue weighted by Gasteiger charge is 2.35. The highest BCUT2D eigenvalue weighted by molar-refractivity contribution is 6.37. The second-order valence-electron chi connectivity index (χ2n) is 2.84. The van der Waals surface area contributed by atoms with E-state index in [-0.39, 0.29) is 11.1 Å². The molecule has 86 valence electrons. The van der Waals surface area contributed by atoms with Crippen molar-refractivity contribution in [2.45, 2.75) is 6.18 Å². The first-order valence-electron chi connectivity index (χ1n) is 4.16. The zero-order chi connectivity index (χ0) is 12.2. The normalized spacial score (nSPS) is 14.0. The first-order valence-corrected chi connectivity index (χ1v) is 4.54. The summed E-state index contributed by atoms with van der Waals surface area (Å²) in [5, 5.41) is 9.58. The van der Waals surface area contributed by atoms with Crippen LogP contribution < -0.4 is 0 Å². The molecule has 6 heteroatoms. The molecule has 0 aliphatic heterocycles. The molecule has 0 heterocycles. The van der Waals surface area contributed by atoms with Crippen LogP contribution in [0.2, 0.25) is 0 Å². The van der Waals surface area contributed by atoms with Crippen molar-refractivity contribution in [3.05, 3.63) is 40.9 Å². The van der Waals surface area contributed by atoms with Gasteiger partial charge in [-0.1, -0.05) is 47.1 Å². The van der Waals surface area contributed by atoms with Gasteiger partial charge in [-0.3, -0.25) is 0 Å². The van der Waals surface area contributed by atoms with E-state index in [0.717, 1.165) is 0 Å². The van der Waals surface area contributed by atoms with Crippen LogP contribution in [-0.2, 0) is 0 Å². The zero-order valence-electron chi connectivity index (χ0n) is 7.87. The zero-order valence-corrected chi connectivity index (χ0v) is 8.63. The topological polar surface area (TPSA) is 32.6 Å². The molecule has 0 unspecified atom stereocenters. The van der Waals surface area contributed by atoms with E-state index < -0.39 is 11.2 Å². The van der Waals surface area contributed by atoms with Gasteiger partial charge in [0.25, 0.3) is 0 Å². The average Bonchev–Trinajstić information content (AvgIpc) is 2.25. The van der Waals surface area contributed by atoms with Gasteiger partial charge < -0.3 is 5.21 Å². The molecule has 16 heavy (non-hydrogen) atoms. The number of rotatable bonds is 2. The van der Waals surface area contributed by atoms with Crippen LogP contribution in [0.4, 0.5) is 13.2 Å². The van der Waals surface area contributed by atoms with Crippen LogP contribution in [0.3, 0.4) is 0 Å². The number of hydrogen-bond donors (Lipinski definition) is 1. The number of halogens is 4. The molecule has 0 radical (unpaired) electrons. The quantitative estimate of drug-likeness (QED) is 0.484. The molecule has 0 aliphatic carbocycles. The third-order valence-electron chi connectivity index (χ3n) is 1.76. The smallest absolute Gasteiger partial charge is 0.411 e. The monoisotopic (exact) mass is 249 g/mol.